The molecule has 0 amide bonds. The van der Waals surface area contributed by atoms with Crippen molar-refractivity contribution < 1.29 is 22.8 Å². The first-order valence-corrected chi connectivity index (χ1v) is 6.57. The second kappa shape index (κ2) is 4.06. The summed E-state index contributed by atoms with van der Waals surface area (Å²) in [7, 11) is -3.57. The molecule has 1 aromatic carbocycles. The molecule has 1 aliphatic carbocycles. The molecule has 2 rings (SSSR count). The Labute approximate surface area is 104 Å². The normalized spacial score (nSPS) is 26.9. The first kappa shape index (κ1) is 13.0. The summed E-state index contributed by atoms with van der Waals surface area (Å²) in [6, 6.07) is 3.33. The largest absolute Gasteiger partial charge is 0.507 e. The van der Waals surface area contributed by atoms with Crippen LogP contribution in [0.3, 0.4) is 0 Å². The molecule has 0 aliphatic heterocycles. The van der Waals surface area contributed by atoms with Gasteiger partial charge in [0.05, 0.1) is 11.6 Å². The number of fused-ring (bicyclic) bond motifs is 1. The van der Waals surface area contributed by atoms with Gasteiger partial charge in [-0.1, -0.05) is 24.3 Å². The fourth-order valence-corrected chi connectivity index (χ4v) is 3.33. The Bertz CT molecular complexity index is 610. The highest BCUT2D eigenvalue weighted by molar-refractivity contribution is 7.86. The molecular formula is C11H13NO5S. The van der Waals surface area contributed by atoms with Gasteiger partial charge in [0.1, 0.15) is 5.75 Å². The van der Waals surface area contributed by atoms with Crippen molar-refractivity contribution in [3.63, 3.8) is 0 Å². The Kier molecular flexibility index (Phi) is 2.94. The van der Waals surface area contributed by atoms with Crippen LogP contribution in [0.5, 0.6) is 5.75 Å². The zero-order chi connectivity index (χ0) is 13.6. The van der Waals surface area contributed by atoms with E-state index in [0.29, 0.717) is 5.56 Å². The molecule has 0 bridgehead atoms. The number of rotatable bonds is 2. The molecule has 0 radical (unpaired) electrons. The fourth-order valence-electron chi connectivity index (χ4n) is 2.22. The molecule has 98 valence electrons. The van der Waals surface area contributed by atoms with Gasteiger partial charge in [0.25, 0.3) is 0 Å². The van der Waals surface area contributed by atoms with Crippen LogP contribution in [0.4, 0.5) is 0 Å². The van der Waals surface area contributed by atoms with Crippen LogP contribution in [0.25, 0.3) is 6.08 Å². The molecule has 4 N–H and O–H groups in total. The van der Waals surface area contributed by atoms with Crippen LogP contribution in [0.15, 0.2) is 24.3 Å². The van der Waals surface area contributed by atoms with Crippen LogP contribution >= 0.6 is 0 Å². The second-order valence-electron chi connectivity index (χ2n) is 3.97. The molecular weight excluding hydrogens is 258 g/mol. The number of benzene rings is 1. The van der Waals surface area contributed by atoms with Crippen LogP contribution in [0.2, 0.25) is 0 Å². The first-order chi connectivity index (χ1) is 8.34. The number of ether oxygens (including phenoxy) is 1. The third kappa shape index (κ3) is 1.56. The Morgan fingerprint density at radius 2 is 2.11 bits per heavy atom. The molecule has 2 unspecified atom stereocenters. The van der Waals surface area contributed by atoms with E-state index in [1.807, 2.05) is 0 Å². The number of aromatic hydroxyl groups is 1. The number of hydrogen-bond donors (Lipinski definition) is 3. The van der Waals surface area contributed by atoms with E-state index >= 15 is 0 Å². The van der Waals surface area contributed by atoms with Crippen molar-refractivity contribution in [1.29, 1.82) is 0 Å². The van der Waals surface area contributed by atoms with Gasteiger partial charge in [-0.05, 0) is 11.6 Å². The number of phenols is 1. The predicted molar refractivity (Wildman–Crippen MR) is 65.4 cm³/mol. The van der Waals surface area contributed by atoms with E-state index in [0.717, 1.165) is 7.11 Å². The Morgan fingerprint density at radius 3 is 2.67 bits per heavy atom. The molecule has 18 heavy (non-hydrogen) atoms. The molecule has 0 fully saturated rings. The van der Waals surface area contributed by atoms with Crippen molar-refractivity contribution in [3.8, 4) is 5.75 Å². The van der Waals surface area contributed by atoms with E-state index in [1.54, 1.807) is 18.2 Å². The average Bonchev–Trinajstić information content (AvgIpc) is 2.28. The van der Waals surface area contributed by atoms with E-state index in [2.05, 4.69) is 0 Å². The van der Waals surface area contributed by atoms with Crippen molar-refractivity contribution in [3.05, 3.63) is 35.4 Å². The van der Waals surface area contributed by atoms with Gasteiger partial charge in [-0.15, -0.1) is 0 Å². The fraction of sp³-hybridized carbons (Fsp3) is 0.273. The number of hydrogen-bond acceptors (Lipinski definition) is 5. The minimum atomic E-state index is -4.68. The van der Waals surface area contributed by atoms with Crippen LogP contribution in [0.1, 0.15) is 11.1 Å². The lowest BCUT2D eigenvalue weighted by Crippen LogP contribution is -2.53. The van der Waals surface area contributed by atoms with E-state index in [4.69, 9.17) is 10.5 Å². The van der Waals surface area contributed by atoms with Gasteiger partial charge in [0, 0.05) is 7.11 Å². The molecule has 7 heteroatoms. The van der Waals surface area contributed by atoms with E-state index in [-0.39, 0.29) is 11.3 Å². The minimum absolute atomic E-state index is 0.0509. The standard InChI is InChI=1S/C11H13NO5S/c1-17-11(18(14,15)16)9(12)6-5-7-3-2-4-8(13)10(7)11/h2-6,9,13H,12H2,1H3,(H,14,15,16). The topological polar surface area (TPSA) is 110 Å². The second-order valence-corrected chi connectivity index (χ2v) is 5.53. The quantitative estimate of drug-likeness (QED) is 0.673. The van der Waals surface area contributed by atoms with Gasteiger partial charge in [-0.2, -0.15) is 8.42 Å². The Hall–Kier alpha value is -1.41. The molecule has 1 aliphatic rings. The van der Waals surface area contributed by atoms with Gasteiger partial charge in [-0.3, -0.25) is 4.55 Å². The minimum Gasteiger partial charge on any atom is -0.507 e. The zero-order valence-electron chi connectivity index (χ0n) is 9.57. The summed E-state index contributed by atoms with van der Waals surface area (Å²) < 4.78 is 37.8. The van der Waals surface area contributed by atoms with Crippen LogP contribution in [-0.2, 0) is 19.8 Å². The SMILES string of the molecule is COC1(S(=O)(=O)O)c2c(O)cccc2C=CC1N. The summed E-state index contributed by atoms with van der Waals surface area (Å²) in [5, 5.41) is 9.86. The maximum atomic E-state index is 11.7. The van der Waals surface area contributed by atoms with Gasteiger partial charge in [-0.25, -0.2) is 0 Å². The molecule has 2 atom stereocenters. The first-order valence-electron chi connectivity index (χ1n) is 5.13. The lowest BCUT2D eigenvalue weighted by atomic mass is 9.90. The van der Waals surface area contributed by atoms with Crippen molar-refractivity contribution >= 4 is 16.2 Å². The van der Waals surface area contributed by atoms with Crippen LogP contribution in [0, 0.1) is 0 Å². The predicted octanol–water partition coefficient (Wildman–Crippen LogP) is 0.433. The van der Waals surface area contributed by atoms with Crippen molar-refractivity contribution in [2.24, 2.45) is 5.73 Å². The monoisotopic (exact) mass is 271 g/mol. The van der Waals surface area contributed by atoms with Gasteiger partial charge in [0.15, 0.2) is 0 Å². The van der Waals surface area contributed by atoms with Crippen LogP contribution in [-0.4, -0.2) is 31.2 Å². The number of nitrogens with two attached hydrogens (primary N) is 1. The Balaban J connectivity index is 2.88. The Morgan fingerprint density at radius 1 is 1.44 bits per heavy atom. The van der Waals surface area contributed by atoms with Gasteiger partial charge >= 0.3 is 10.1 Å². The number of methoxy groups -OCH3 is 1. The summed E-state index contributed by atoms with van der Waals surface area (Å²) in [6.07, 6.45) is 2.97. The molecule has 1 aromatic rings. The highest BCUT2D eigenvalue weighted by atomic mass is 32.2. The molecule has 0 aromatic heterocycles. The summed E-state index contributed by atoms with van der Waals surface area (Å²) in [6.45, 7) is 0. The van der Waals surface area contributed by atoms with Gasteiger partial charge in [0.2, 0.25) is 4.93 Å². The lowest BCUT2D eigenvalue weighted by molar-refractivity contribution is 0.0377. The van der Waals surface area contributed by atoms with E-state index in [1.165, 1.54) is 12.1 Å². The smallest absolute Gasteiger partial charge is 0.301 e. The summed E-state index contributed by atoms with van der Waals surface area (Å²) >= 11 is 0. The highest BCUT2D eigenvalue weighted by Crippen LogP contribution is 2.44. The molecule has 0 heterocycles. The molecule has 6 nitrogen and oxygen atoms in total. The molecule has 0 saturated carbocycles. The highest BCUT2D eigenvalue weighted by Gasteiger charge is 2.53. The number of phenolic OH excluding ortho intramolecular Hbond substituents is 1. The van der Waals surface area contributed by atoms with Crippen molar-refractivity contribution in [2.45, 2.75) is 11.0 Å². The van der Waals surface area contributed by atoms with E-state index in [9.17, 15) is 18.1 Å². The zero-order valence-corrected chi connectivity index (χ0v) is 10.4. The third-order valence-corrected chi connectivity index (χ3v) is 4.44. The van der Waals surface area contributed by atoms with Gasteiger partial charge < -0.3 is 15.6 Å². The lowest BCUT2D eigenvalue weighted by Gasteiger charge is -2.37. The average molecular weight is 271 g/mol. The molecule has 0 saturated heterocycles. The van der Waals surface area contributed by atoms with Crippen LogP contribution < -0.4 is 5.73 Å². The van der Waals surface area contributed by atoms with Crippen molar-refractivity contribution in [1.82, 2.24) is 0 Å². The summed E-state index contributed by atoms with van der Waals surface area (Å²) in [5.74, 6) is -0.299. The third-order valence-electron chi connectivity index (χ3n) is 3.03. The van der Waals surface area contributed by atoms with Crippen molar-refractivity contribution in [2.75, 3.05) is 7.11 Å². The maximum absolute atomic E-state index is 11.7. The van der Waals surface area contributed by atoms with E-state index < -0.39 is 21.1 Å². The maximum Gasteiger partial charge on any atom is 0.301 e. The summed E-state index contributed by atoms with van der Waals surface area (Å²) in [5.41, 5.74) is 6.11. The summed E-state index contributed by atoms with van der Waals surface area (Å²) in [4.78, 5) is -2.19. The molecule has 0 spiro atoms.